The lowest BCUT2D eigenvalue weighted by molar-refractivity contribution is -0.383. The first-order valence-electron chi connectivity index (χ1n) is 7.10. The van der Waals surface area contributed by atoms with Gasteiger partial charge in [-0.1, -0.05) is 18.2 Å². The molecule has 2 rings (SSSR count). The fraction of sp³-hybridized carbons (Fsp3) is 0.235. The molecule has 0 bridgehead atoms. The average molecular weight is 314 g/mol. The van der Waals surface area contributed by atoms with Crippen molar-refractivity contribution in [2.24, 2.45) is 0 Å². The van der Waals surface area contributed by atoms with Gasteiger partial charge in [-0.3, -0.25) is 10.1 Å². The summed E-state index contributed by atoms with van der Waals surface area (Å²) in [6, 6.07) is 13.1. The SMILES string of the molecule is CC(C)(C)OC(=O)c1ccc([N+](=O)[O-])c(Nc2ccccc2)c1. The Balaban J connectivity index is 2.36. The Morgan fingerprint density at radius 3 is 2.35 bits per heavy atom. The van der Waals surface area contributed by atoms with Crippen LogP contribution in [0.4, 0.5) is 17.1 Å². The second-order valence-electron chi connectivity index (χ2n) is 5.98. The summed E-state index contributed by atoms with van der Waals surface area (Å²) >= 11 is 0. The molecule has 2 aromatic carbocycles. The van der Waals surface area contributed by atoms with Crippen molar-refractivity contribution >= 4 is 23.0 Å². The van der Waals surface area contributed by atoms with E-state index in [9.17, 15) is 14.9 Å². The average Bonchev–Trinajstić information content (AvgIpc) is 2.46. The first-order chi connectivity index (χ1) is 10.8. The zero-order chi connectivity index (χ0) is 17.0. The fourth-order valence-corrected chi connectivity index (χ4v) is 1.94. The van der Waals surface area contributed by atoms with Crippen LogP contribution in [0.25, 0.3) is 0 Å². The minimum absolute atomic E-state index is 0.110. The van der Waals surface area contributed by atoms with E-state index in [2.05, 4.69) is 5.32 Å². The van der Waals surface area contributed by atoms with Crippen molar-refractivity contribution in [1.82, 2.24) is 0 Å². The Kier molecular flexibility index (Phi) is 4.64. The van der Waals surface area contributed by atoms with Crippen molar-refractivity contribution < 1.29 is 14.5 Å². The molecule has 0 aromatic heterocycles. The first kappa shape index (κ1) is 16.5. The van der Waals surface area contributed by atoms with Gasteiger partial charge in [0, 0.05) is 11.8 Å². The fourth-order valence-electron chi connectivity index (χ4n) is 1.94. The number of hydrogen-bond donors (Lipinski definition) is 1. The Morgan fingerprint density at radius 1 is 1.13 bits per heavy atom. The number of para-hydroxylation sites is 1. The Labute approximate surface area is 134 Å². The smallest absolute Gasteiger partial charge is 0.338 e. The van der Waals surface area contributed by atoms with Crippen molar-refractivity contribution in [1.29, 1.82) is 0 Å². The van der Waals surface area contributed by atoms with Crippen LogP contribution in [0.1, 0.15) is 31.1 Å². The van der Waals surface area contributed by atoms with E-state index in [0.717, 1.165) is 0 Å². The summed E-state index contributed by atoms with van der Waals surface area (Å²) in [5.74, 6) is -0.525. The van der Waals surface area contributed by atoms with Gasteiger partial charge in [0.1, 0.15) is 11.3 Å². The number of carbonyl (C=O) groups is 1. The molecule has 0 amide bonds. The molecule has 0 saturated carbocycles. The monoisotopic (exact) mass is 314 g/mol. The molecule has 120 valence electrons. The van der Waals surface area contributed by atoms with Crippen LogP contribution in [0.3, 0.4) is 0 Å². The first-order valence-corrected chi connectivity index (χ1v) is 7.10. The van der Waals surface area contributed by atoms with Gasteiger partial charge in [-0.2, -0.15) is 0 Å². The van der Waals surface area contributed by atoms with Gasteiger partial charge in [-0.05, 0) is 45.0 Å². The summed E-state index contributed by atoms with van der Waals surface area (Å²) in [7, 11) is 0. The number of rotatable bonds is 4. The normalized spacial score (nSPS) is 10.9. The van der Waals surface area contributed by atoms with Crippen molar-refractivity contribution in [2.75, 3.05) is 5.32 Å². The van der Waals surface area contributed by atoms with E-state index in [1.54, 1.807) is 32.9 Å². The van der Waals surface area contributed by atoms with Gasteiger partial charge in [-0.15, -0.1) is 0 Å². The van der Waals surface area contributed by atoms with Crippen molar-refractivity contribution in [3.8, 4) is 0 Å². The van der Waals surface area contributed by atoms with Crippen LogP contribution in [-0.2, 0) is 4.74 Å². The zero-order valence-corrected chi connectivity index (χ0v) is 13.2. The van der Waals surface area contributed by atoms with Crippen molar-refractivity contribution in [2.45, 2.75) is 26.4 Å². The van der Waals surface area contributed by atoms with Crippen LogP contribution in [0.15, 0.2) is 48.5 Å². The molecule has 2 aromatic rings. The number of anilines is 2. The lowest BCUT2D eigenvalue weighted by Crippen LogP contribution is -2.23. The number of nitro groups is 1. The van der Waals surface area contributed by atoms with Crippen LogP contribution in [0.5, 0.6) is 0 Å². The quantitative estimate of drug-likeness (QED) is 0.517. The number of esters is 1. The maximum Gasteiger partial charge on any atom is 0.338 e. The summed E-state index contributed by atoms with van der Waals surface area (Å²) in [6.07, 6.45) is 0. The summed E-state index contributed by atoms with van der Waals surface area (Å²) in [5.41, 5.74) is 0.443. The largest absolute Gasteiger partial charge is 0.456 e. The van der Waals surface area contributed by atoms with E-state index in [4.69, 9.17) is 4.74 Å². The zero-order valence-electron chi connectivity index (χ0n) is 13.2. The highest BCUT2D eigenvalue weighted by Crippen LogP contribution is 2.29. The van der Waals surface area contributed by atoms with Crippen LogP contribution in [0, 0.1) is 10.1 Å². The molecule has 6 heteroatoms. The lowest BCUT2D eigenvalue weighted by atomic mass is 10.1. The predicted octanol–water partition coefficient (Wildman–Crippen LogP) is 4.29. The van der Waals surface area contributed by atoms with E-state index in [1.807, 2.05) is 18.2 Å². The van der Waals surface area contributed by atoms with Crippen molar-refractivity contribution in [3.63, 3.8) is 0 Å². The molecule has 0 saturated heterocycles. The number of ether oxygens (including phenoxy) is 1. The molecular formula is C17H18N2O4. The van der Waals surface area contributed by atoms with Crippen LogP contribution in [-0.4, -0.2) is 16.5 Å². The molecule has 0 heterocycles. The summed E-state index contributed by atoms with van der Waals surface area (Å²) in [4.78, 5) is 22.8. The standard InChI is InChI=1S/C17H18N2O4/c1-17(2,3)23-16(20)12-9-10-15(19(21)22)14(11-12)18-13-7-5-4-6-8-13/h4-11,18H,1-3H3. The maximum atomic E-state index is 12.1. The predicted molar refractivity (Wildman–Crippen MR) is 88.0 cm³/mol. The molecule has 0 spiro atoms. The molecule has 0 atom stereocenters. The number of nitrogens with one attached hydrogen (secondary N) is 1. The van der Waals surface area contributed by atoms with E-state index in [1.165, 1.54) is 18.2 Å². The number of hydrogen-bond acceptors (Lipinski definition) is 5. The number of benzene rings is 2. The third kappa shape index (κ3) is 4.54. The highest BCUT2D eigenvalue weighted by molar-refractivity contribution is 5.92. The maximum absolute atomic E-state index is 12.1. The van der Waals surface area contributed by atoms with Crippen LogP contribution >= 0.6 is 0 Å². The molecule has 6 nitrogen and oxygen atoms in total. The van der Waals surface area contributed by atoms with Crippen LogP contribution < -0.4 is 5.32 Å². The lowest BCUT2D eigenvalue weighted by Gasteiger charge is -2.19. The van der Waals surface area contributed by atoms with Gasteiger partial charge in [0.25, 0.3) is 5.69 Å². The van der Waals surface area contributed by atoms with E-state index in [0.29, 0.717) is 5.69 Å². The minimum atomic E-state index is -0.633. The molecule has 0 unspecified atom stereocenters. The van der Waals surface area contributed by atoms with Crippen molar-refractivity contribution in [3.05, 3.63) is 64.2 Å². The van der Waals surface area contributed by atoms with Gasteiger partial charge in [-0.25, -0.2) is 4.79 Å². The number of nitrogens with zero attached hydrogens (tertiary/aromatic N) is 1. The number of carbonyl (C=O) groups excluding carboxylic acids is 1. The summed E-state index contributed by atoms with van der Waals surface area (Å²) in [6.45, 7) is 5.29. The highest BCUT2D eigenvalue weighted by Gasteiger charge is 2.21. The van der Waals surface area contributed by atoms with Gasteiger partial charge >= 0.3 is 5.97 Å². The highest BCUT2D eigenvalue weighted by atomic mass is 16.6. The van der Waals surface area contributed by atoms with Gasteiger partial charge in [0.05, 0.1) is 10.5 Å². The van der Waals surface area contributed by atoms with Gasteiger partial charge in [0.2, 0.25) is 0 Å². The molecule has 0 aliphatic heterocycles. The molecule has 23 heavy (non-hydrogen) atoms. The molecule has 0 aliphatic rings. The second kappa shape index (κ2) is 6.48. The van der Waals surface area contributed by atoms with E-state index >= 15 is 0 Å². The summed E-state index contributed by atoms with van der Waals surface area (Å²) in [5, 5.41) is 14.1. The van der Waals surface area contributed by atoms with Gasteiger partial charge < -0.3 is 10.1 Å². The topological polar surface area (TPSA) is 81.5 Å². The minimum Gasteiger partial charge on any atom is -0.456 e. The second-order valence-corrected chi connectivity index (χ2v) is 5.98. The molecule has 1 N–H and O–H groups in total. The Bertz CT molecular complexity index is 721. The molecule has 0 radical (unpaired) electrons. The van der Waals surface area contributed by atoms with Crippen LogP contribution in [0.2, 0.25) is 0 Å². The molecular weight excluding hydrogens is 296 g/mol. The Hall–Kier alpha value is -2.89. The van der Waals surface area contributed by atoms with E-state index < -0.39 is 16.5 Å². The number of nitro benzene ring substituents is 1. The van der Waals surface area contributed by atoms with Gasteiger partial charge in [0.15, 0.2) is 0 Å². The third-order valence-corrected chi connectivity index (χ3v) is 2.88. The Morgan fingerprint density at radius 2 is 1.78 bits per heavy atom. The third-order valence-electron chi connectivity index (χ3n) is 2.88. The van der Waals surface area contributed by atoms with E-state index in [-0.39, 0.29) is 16.9 Å². The molecule has 0 aliphatic carbocycles. The molecule has 0 fully saturated rings. The summed E-state index contributed by atoms with van der Waals surface area (Å²) < 4.78 is 5.29.